The first kappa shape index (κ1) is 7.37. The average Bonchev–Trinajstić information content (AvgIpc) is 2.04. The average molecular weight is 179 g/mol. The number of benzene rings is 1. The molecular formula is C9H7ClN2. The van der Waals surface area contributed by atoms with Crippen LogP contribution in [0.15, 0.2) is 30.5 Å². The number of hydrogen-bond acceptors (Lipinski definition) is 2. The van der Waals surface area contributed by atoms with Crippen molar-refractivity contribution in [2.45, 2.75) is 0 Å². The highest BCUT2D eigenvalue weighted by atomic mass is 35.5. The molecule has 60 valence electrons. The fraction of sp³-hybridized carbons (Fsp3) is 0. The summed E-state index contributed by atoms with van der Waals surface area (Å²) in [6.07, 6.45) is 1.67. The van der Waals surface area contributed by atoms with Crippen molar-refractivity contribution in [1.29, 1.82) is 0 Å². The predicted molar refractivity (Wildman–Crippen MR) is 51.2 cm³/mol. The lowest BCUT2D eigenvalue weighted by molar-refractivity contribution is 1.36. The highest BCUT2D eigenvalue weighted by Crippen LogP contribution is 2.22. The largest absolute Gasteiger partial charge is 0.399 e. The van der Waals surface area contributed by atoms with Gasteiger partial charge in [0.2, 0.25) is 0 Å². The topological polar surface area (TPSA) is 38.9 Å². The molecule has 0 saturated carbocycles. The van der Waals surface area contributed by atoms with Crippen molar-refractivity contribution < 1.29 is 0 Å². The highest BCUT2D eigenvalue weighted by molar-refractivity contribution is 6.34. The minimum Gasteiger partial charge on any atom is -0.399 e. The third-order valence-corrected chi connectivity index (χ3v) is 2.04. The van der Waals surface area contributed by atoms with Crippen LogP contribution < -0.4 is 5.73 Å². The van der Waals surface area contributed by atoms with Gasteiger partial charge >= 0.3 is 0 Å². The lowest BCUT2D eigenvalue weighted by atomic mass is 10.1. The molecule has 2 nitrogen and oxygen atoms in total. The van der Waals surface area contributed by atoms with Gasteiger partial charge in [-0.05, 0) is 29.7 Å². The van der Waals surface area contributed by atoms with Crippen LogP contribution in [0.3, 0.4) is 0 Å². The zero-order valence-corrected chi connectivity index (χ0v) is 7.05. The van der Waals surface area contributed by atoms with Crippen LogP contribution in [0.4, 0.5) is 5.69 Å². The molecule has 0 aliphatic carbocycles. The van der Waals surface area contributed by atoms with Crippen LogP contribution in [0.1, 0.15) is 0 Å². The van der Waals surface area contributed by atoms with Crippen LogP contribution in [-0.4, -0.2) is 4.98 Å². The van der Waals surface area contributed by atoms with Gasteiger partial charge in [-0.25, -0.2) is 4.98 Å². The van der Waals surface area contributed by atoms with Crippen molar-refractivity contribution in [2.24, 2.45) is 0 Å². The van der Waals surface area contributed by atoms with E-state index >= 15 is 0 Å². The van der Waals surface area contributed by atoms with Crippen molar-refractivity contribution in [3.63, 3.8) is 0 Å². The highest BCUT2D eigenvalue weighted by Gasteiger charge is 1.98. The summed E-state index contributed by atoms with van der Waals surface area (Å²) < 4.78 is 0. The third kappa shape index (κ3) is 1.10. The second kappa shape index (κ2) is 2.64. The second-order valence-corrected chi connectivity index (χ2v) is 2.94. The van der Waals surface area contributed by atoms with Crippen LogP contribution in [0.5, 0.6) is 0 Å². The number of halogens is 1. The summed E-state index contributed by atoms with van der Waals surface area (Å²) in [6, 6.07) is 7.45. The lowest BCUT2D eigenvalue weighted by Crippen LogP contribution is -1.84. The smallest absolute Gasteiger partial charge is 0.136 e. The third-order valence-electron chi connectivity index (χ3n) is 1.74. The SMILES string of the molecule is Nc1ccc2c(Cl)nccc2c1. The number of nitrogens with zero attached hydrogens (tertiary/aromatic N) is 1. The molecular weight excluding hydrogens is 172 g/mol. The van der Waals surface area contributed by atoms with Gasteiger partial charge in [-0.3, -0.25) is 0 Å². The minimum atomic E-state index is 0.521. The molecule has 2 aromatic rings. The molecule has 0 unspecified atom stereocenters. The van der Waals surface area contributed by atoms with E-state index in [0.29, 0.717) is 5.15 Å². The van der Waals surface area contributed by atoms with Crippen molar-refractivity contribution in [2.75, 3.05) is 5.73 Å². The molecule has 0 aliphatic rings. The Hall–Kier alpha value is -1.28. The van der Waals surface area contributed by atoms with Crippen LogP contribution in [0.2, 0.25) is 5.15 Å². The van der Waals surface area contributed by atoms with Crippen molar-refractivity contribution in [1.82, 2.24) is 4.98 Å². The Morgan fingerprint density at radius 1 is 1.25 bits per heavy atom. The maximum atomic E-state index is 5.86. The maximum Gasteiger partial charge on any atom is 0.136 e. The van der Waals surface area contributed by atoms with Crippen molar-refractivity contribution in [3.05, 3.63) is 35.6 Å². The predicted octanol–water partition coefficient (Wildman–Crippen LogP) is 2.47. The molecule has 0 fully saturated rings. The zero-order valence-electron chi connectivity index (χ0n) is 6.29. The van der Waals surface area contributed by atoms with Gasteiger partial charge in [-0.2, -0.15) is 0 Å². The molecule has 2 rings (SSSR count). The second-order valence-electron chi connectivity index (χ2n) is 2.58. The molecule has 0 aliphatic heterocycles. The normalized spacial score (nSPS) is 10.4. The Kier molecular flexibility index (Phi) is 1.62. The van der Waals surface area contributed by atoms with E-state index in [9.17, 15) is 0 Å². The number of anilines is 1. The van der Waals surface area contributed by atoms with Gasteiger partial charge in [0.25, 0.3) is 0 Å². The molecule has 0 atom stereocenters. The summed E-state index contributed by atoms with van der Waals surface area (Å²) in [5.41, 5.74) is 6.35. The van der Waals surface area contributed by atoms with E-state index in [1.807, 2.05) is 24.3 Å². The Bertz CT molecular complexity index is 426. The van der Waals surface area contributed by atoms with Gasteiger partial charge in [-0.1, -0.05) is 11.6 Å². The quantitative estimate of drug-likeness (QED) is 0.497. The Morgan fingerprint density at radius 3 is 2.92 bits per heavy atom. The first-order valence-corrected chi connectivity index (χ1v) is 3.95. The number of aromatic nitrogens is 1. The first-order chi connectivity index (χ1) is 5.77. The summed E-state index contributed by atoms with van der Waals surface area (Å²) in [7, 11) is 0. The van der Waals surface area contributed by atoms with Crippen LogP contribution in [0, 0.1) is 0 Å². The van der Waals surface area contributed by atoms with Crippen molar-refractivity contribution in [3.8, 4) is 0 Å². The Labute approximate surface area is 75.0 Å². The fourth-order valence-corrected chi connectivity index (χ4v) is 1.39. The van der Waals surface area contributed by atoms with E-state index in [4.69, 9.17) is 17.3 Å². The first-order valence-electron chi connectivity index (χ1n) is 3.57. The van der Waals surface area contributed by atoms with E-state index < -0.39 is 0 Å². The Morgan fingerprint density at radius 2 is 2.08 bits per heavy atom. The summed E-state index contributed by atoms with van der Waals surface area (Å²) in [5.74, 6) is 0. The number of hydrogen-bond donors (Lipinski definition) is 1. The lowest BCUT2D eigenvalue weighted by Gasteiger charge is -1.99. The van der Waals surface area contributed by atoms with Crippen LogP contribution >= 0.6 is 11.6 Å². The van der Waals surface area contributed by atoms with E-state index in [-0.39, 0.29) is 0 Å². The van der Waals surface area contributed by atoms with E-state index in [1.165, 1.54) is 0 Å². The molecule has 0 radical (unpaired) electrons. The summed E-state index contributed by atoms with van der Waals surface area (Å²) in [6.45, 7) is 0. The molecule has 1 aromatic carbocycles. The molecule has 0 amide bonds. The molecule has 2 N–H and O–H groups in total. The van der Waals surface area contributed by atoms with Gasteiger partial charge in [0.1, 0.15) is 5.15 Å². The van der Waals surface area contributed by atoms with E-state index in [1.54, 1.807) is 6.20 Å². The minimum absolute atomic E-state index is 0.521. The van der Waals surface area contributed by atoms with Crippen LogP contribution in [-0.2, 0) is 0 Å². The number of nitrogen functional groups attached to an aromatic ring is 1. The number of nitrogens with two attached hydrogens (primary N) is 1. The van der Waals surface area contributed by atoms with E-state index in [2.05, 4.69) is 4.98 Å². The van der Waals surface area contributed by atoms with Gasteiger partial charge in [-0.15, -0.1) is 0 Å². The number of rotatable bonds is 0. The molecule has 1 heterocycles. The van der Waals surface area contributed by atoms with Gasteiger partial charge < -0.3 is 5.73 Å². The van der Waals surface area contributed by atoms with Gasteiger partial charge in [0.05, 0.1) is 0 Å². The molecule has 0 spiro atoms. The maximum absolute atomic E-state index is 5.86. The fourth-order valence-electron chi connectivity index (χ4n) is 1.16. The summed E-state index contributed by atoms with van der Waals surface area (Å²) >= 11 is 5.86. The van der Waals surface area contributed by atoms with E-state index in [0.717, 1.165) is 16.5 Å². The summed E-state index contributed by atoms with van der Waals surface area (Å²) in [5, 5.41) is 2.48. The van der Waals surface area contributed by atoms with Crippen LogP contribution in [0.25, 0.3) is 10.8 Å². The molecule has 1 aromatic heterocycles. The summed E-state index contributed by atoms with van der Waals surface area (Å²) in [4.78, 5) is 3.96. The molecule has 3 heteroatoms. The standard InChI is InChI=1S/C9H7ClN2/c10-9-8-2-1-7(11)5-6(8)3-4-12-9/h1-5H,11H2. The number of pyridine rings is 1. The number of fused-ring (bicyclic) bond motifs is 1. The Balaban J connectivity index is 2.86. The van der Waals surface area contributed by atoms with Gasteiger partial charge in [0, 0.05) is 17.3 Å². The molecule has 0 bridgehead atoms. The van der Waals surface area contributed by atoms with Gasteiger partial charge in [0.15, 0.2) is 0 Å². The zero-order chi connectivity index (χ0) is 8.55. The molecule has 0 saturated heterocycles. The molecule has 12 heavy (non-hydrogen) atoms. The monoisotopic (exact) mass is 178 g/mol. The van der Waals surface area contributed by atoms with Crippen molar-refractivity contribution >= 4 is 28.1 Å².